The maximum absolute atomic E-state index is 11.5. The first-order valence-corrected chi connectivity index (χ1v) is 5.23. The van der Waals surface area contributed by atoms with Gasteiger partial charge in [0.15, 0.2) is 0 Å². The number of carbonyl (C=O) groups excluding carboxylic acids is 1. The minimum atomic E-state index is -0.448. The van der Waals surface area contributed by atoms with Crippen LogP contribution in [0.2, 0.25) is 0 Å². The molecule has 0 aliphatic carbocycles. The summed E-state index contributed by atoms with van der Waals surface area (Å²) < 4.78 is 4.98. The normalized spacial score (nSPS) is 14.2. The van der Waals surface area contributed by atoms with Crippen molar-refractivity contribution in [3.63, 3.8) is 0 Å². The highest BCUT2D eigenvalue weighted by atomic mass is 16.5. The Morgan fingerprint density at radius 1 is 1.69 bits per heavy atom. The molecule has 6 heteroatoms. The van der Waals surface area contributed by atoms with Gasteiger partial charge in [-0.15, -0.1) is 0 Å². The van der Waals surface area contributed by atoms with Gasteiger partial charge in [-0.25, -0.2) is 5.84 Å². The summed E-state index contributed by atoms with van der Waals surface area (Å²) in [5.74, 6) is 4.68. The minimum absolute atomic E-state index is 0.134. The molecule has 0 aromatic heterocycles. The molecular formula is C10H20N4O2. The Bertz CT molecular complexity index is 252. The van der Waals surface area contributed by atoms with Crippen LogP contribution in [-0.2, 0) is 9.53 Å². The Kier molecular flexibility index (Phi) is 7.46. The molecule has 0 fully saturated rings. The van der Waals surface area contributed by atoms with E-state index in [0.717, 1.165) is 0 Å². The van der Waals surface area contributed by atoms with E-state index in [1.807, 2.05) is 18.7 Å². The molecule has 0 heterocycles. The van der Waals surface area contributed by atoms with Crippen LogP contribution in [0, 0.1) is 17.2 Å². The third kappa shape index (κ3) is 4.57. The monoisotopic (exact) mass is 228 g/mol. The number of hydrazine groups is 1. The SMILES string of the molecule is CCN(CC(C)C#N)C(COC)C(=O)NN. The van der Waals surface area contributed by atoms with Gasteiger partial charge in [0.25, 0.3) is 5.91 Å². The molecule has 1 amide bonds. The second kappa shape index (κ2) is 8.05. The lowest BCUT2D eigenvalue weighted by atomic mass is 10.1. The van der Waals surface area contributed by atoms with Gasteiger partial charge in [0.2, 0.25) is 0 Å². The second-order valence-corrected chi connectivity index (χ2v) is 3.60. The van der Waals surface area contributed by atoms with Crippen molar-refractivity contribution in [1.82, 2.24) is 10.3 Å². The van der Waals surface area contributed by atoms with Crippen molar-refractivity contribution >= 4 is 5.91 Å². The smallest absolute Gasteiger partial charge is 0.253 e. The van der Waals surface area contributed by atoms with Crippen LogP contribution in [0.1, 0.15) is 13.8 Å². The molecule has 16 heavy (non-hydrogen) atoms. The molecule has 6 nitrogen and oxygen atoms in total. The van der Waals surface area contributed by atoms with E-state index in [1.54, 1.807) is 0 Å². The average molecular weight is 228 g/mol. The van der Waals surface area contributed by atoms with Gasteiger partial charge in [-0.3, -0.25) is 15.1 Å². The number of carbonyl (C=O) groups is 1. The van der Waals surface area contributed by atoms with Crippen LogP contribution < -0.4 is 11.3 Å². The van der Waals surface area contributed by atoms with Gasteiger partial charge in [0, 0.05) is 13.7 Å². The topological polar surface area (TPSA) is 91.4 Å². The first-order valence-electron chi connectivity index (χ1n) is 5.23. The van der Waals surface area contributed by atoms with Gasteiger partial charge in [-0.2, -0.15) is 5.26 Å². The van der Waals surface area contributed by atoms with E-state index in [9.17, 15) is 4.79 Å². The third-order valence-electron chi connectivity index (χ3n) is 2.35. The number of hydrogen-bond donors (Lipinski definition) is 2. The number of ether oxygens (including phenoxy) is 1. The highest BCUT2D eigenvalue weighted by Gasteiger charge is 2.25. The predicted octanol–water partition coefficient (Wildman–Crippen LogP) is -0.527. The summed E-state index contributed by atoms with van der Waals surface area (Å²) in [5.41, 5.74) is 2.11. The first-order chi connectivity index (χ1) is 7.60. The Hall–Kier alpha value is -1.16. The minimum Gasteiger partial charge on any atom is -0.383 e. The molecule has 0 aromatic rings. The summed E-state index contributed by atoms with van der Waals surface area (Å²) in [4.78, 5) is 13.4. The van der Waals surface area contributed by atoms with Gasteiger partial charge in [-0.1, -0.05) is 6.92 Å². The fourth-order valence-electron chi connectivity index (χ4n) is 1.47. The van der Waals surface area contributed by atoms with Gasteiger partial charge >= 0.3 is 0 Å². The van der Waals surface area contributed by atoms with Gasteiger partial charge < -0.3 is 4.74 Å². The van der Waals surface area contributed by atoms with E-state index in [4.69, 9.17) is 15.8 Å². The summed E-state index contributed by atoms with van der Waals surface area (Å²) in [5, 5.41) is 8.75. The Labute approximate surface area is 96.3 Å². The Morgan fingerprint density at radius 2 is 2.31 bits per heavy atom. The maximum atomic E-state index is 11.5. The van der Waals surface area contributed by atoms with Crippen LogP contribution in [-0.4, -0.2) is 43.7 Å². The zero-order valence-electron chi connectivity index (χ0n) is 10.1. The number of nitrogens with one attached hydrogen (secondary N) is 1. The fourth-order valence-corrected chi connectivity index (χ4v) is 1.47. The van der Waals surface area contributed by atoms with Crippen LogP contribution in [0.5, 0.6) is 0 Å². The zero-order valence-corrected chi connectivity index (χ0v) is 10.1. The molecule has 0 rings (SSSR count). The molecule has 92 valence electrons. The first kappa shape index (κ1) is 14.8. The van der Waals surface area contributed by atoms with Gasteiger partial charge in [0.05, 0.1) is 18.6 Å². The molecule has 0 aliphatic rings. The number of rotatable bonds is 7. The van der Waals surface area contributed by atoms with E-state index in [1.165, 1.54) is 7.11 Å². The molecule has 3 N–H and O–H groups in total. The molecule has 0 radical (unpaired) electrons. The van der Waals surface area contributed by atoms with Gasteiger partial charge in [0.1, 0.15) is 6.04 Å². The third-order valence-corrected chi connectivity index (χ3v) is 2.35. The van der Waals surface area contributed by atoms with E-state index in [-0.39, 0.29) is 18.4 Å². The molecule has 0 saturated heterocycles. The highest BCUT2D eigenvalue weighted by molar-refractivity contribution is 5.81. The van der Waals surface area contributed by atoms with Crippen LogP contribution in [0.4, 0.5) is 0 Å². The quantitative estimate of drug-likeness (QED) is 0.347. The summed E-state index contributed by atoms with van der Waals surface area (Å²) in [7, 11) is 1.53. The van der Waals surface area contributed by atoms with E-state index in [0.29, 0.717) is 13.1 Å². The zero-order chi connectivity index (χ0) is 12.6. The molecule has 0 spiro atoms. The summed E-state index contributed by atoms with van der Waals surface area (Å²) >= 11 is 0. The van der Waals surface area contributed by atoms with Crippen LogP contribution in [0.3, 0.4) is 0 Å². The van der Waals surface area contributed by atoms with Crippen molar-refractivity contribution in [2.75, 3.05) is 26.8 Å². The van der Waals surface area contributed by atoms with Crippen molar-refractivity contribution in [3.05, 3.63) is 0 Å². The Balaban J connectivity index is 4.58. The van der Waals surface area contributed by atoms with Crippen molar-refractivity contribution in [3.8, 4) is 6.07 Å². The lowest BCUT2D eigenvalue weighted by Crippen LogP contribution is -2.52. The molecule has 0 bridgehead atoms. The maximum Gasteiger partial charge on any atom is 0.253 e. The van der Waals surface area contributed by atoms with Gasteiger partial charge in [-0.05, 0) is 13.5 Å². The van der Waals surface area contributed by atoms with E-state index < -0.39 is 6.04 Å². The molecule has 0 aliphatic heterocycles. The highest BCUT2D eigenvalue weighted by Crippen LogP contribution is 2.05. The molecule has 0 saturated carbocycles. The lowest BCUT2D eigenvalue weighted by molar-refractivity contribution is -0.128. The average Bonchev–Trinajstić information content (AvgIpc) is 2.32. The number of nitriles is 1. The van der Waals surface area contributed by atoms with Crippen molar-refractivity contribution < 1.29 is 9.53 Å². The van der Waals surface area contributed by atoms with Crippen molar-refractivity contribution in [1.29, 1.82) is 5.26 Å². The molecule has 2 unspecified atom stereocenters. The number of likely N-dealkylation sites (N-methyl/N-ethyl adjacent to an activating group) is 1. The largest absolute Gasteiger partial charge is 0.383 e. The number of hydrogen-bond acceptors (Lipinski definition) is 5. The number of methoxy groups -OCH3 is 1. The fraction of sp³-hybridized carbons (Fsp3) is 0.800. The van der Waals surface area contributed by atoms with Crippen LogP contribution in [0.15, 0.2) is 0 Å². The van der Waals surface area contributed by atoms with Crippen molar-refractivity contribution in [2.24, 2.45) is 11.8 Å². The standard InChI is InChI=1S/C10H20N4O2/c1-4-14(6-8(2)5-11)9(7-16-3)10(15)13-12/h8-9H,4,6-7,12H2,1-3H3,(H,13,15). The molecule has 2 atom stereocenters. The van der Waals surface area contributed by atoms with E-state index >= 15 is 0 Å². The second-order valence-electron chi connectivity index (χ2n) is 3.60. The summed E-state index contributed by atoms with van der Waals surface area (Å²) in [6, 6.07) is 1.69. The number of nitrogens with two attached hydrogens (primary N) is 1. The van der Waals surface area contributed by atoms with E-state index in [2.05, 4.69) is 11.5 Å². The van der Waals surface area contributed by atoms with Crippen LogP contribution in [0.25, 0.3) is 0 Å². The Morgan fingerprint density at radius 3 is 2.69 bits per heavy atom. The predicted molar refractivity (Wildman–Crippen MR) is 60.0 cm³/mol. The number of nitrogens with zero attached hydrogens (tertiary/aromatic N) is 2. The summed E-state index contributed by atoms with van der Waals surface area (Å²) in [6.45, 7) is 5.18. The molecule has 0 aromatic carbocycles. The van der Waals surface area contributed by atoms with Crippen molar-refractivity contribution in [2.45, 2.75) is 19.9 Å². The summed E-state index contributed by atoms with van der Waals surface area (Å²) in [6.07, 6.45) is 0. The lowest BCUT2D eigenvalue weighted by Gasteiger charge is -2.29. The van der Waals surface area contributed by atoms with Crippen LogP contribution >= 0.6 is 0 Å². The molecular weight excluding hydrogens is 208 g/mol. The number of amides is 1.